The summed E-state index contributed by atoms with van der Waals surface area (Å²) in [5.74, 6) is 7.80. The average Bonchev–Trinajstić information content (AvgIpc) is 3.19. The summed E-state index contributed by atoms with van der Waals surface area (Å²) in [6, 6.07) is 6.73. The number of fused-ring (bicyclic) bond motifs is 1. The highest BCUT2D eigenvalue weighted by Gasteiger charge is 2.26. The normalized spacial score (nSPS) is 24.2. The second kappa shape index (κ2) is 8.20. The number of piperazine rings is 1. The van der Waals surface area contributed by atoms with Crippen molar-refractivity contribution in [3.63, 3.8) is 0 Å². The summed E-state index contributed by atoms with van der Waals surface area (Å²) >= 11 is 0. The molecule has 1 unspecified atom stereocenters. The van der Waals surface area contributed by atoms with Crippen LogP contribution in [0.5, 0.6) is 0 Å². The van der Waals surface area contributed by atoms with Crippen LogP contribution in [0, 0.1) is 11.8 Å². The molecule has 1 atom stereocenters. The molecule has 5 nitrogen and oxygen atoms in total. The van der Waals surface area contributed by atoms with Crippen LogP contribution in [-0.2, 0) is 11.2 Å². The van der Waals surface area contributed by atoms with Gasteiger partial charge in [-0.2, -0.15) is 0 Å². The number of hydrogen-bond donors (Lipinski definition) is 1. The van der Waals surface area contributed by atoms with Crippen LogP contribution < -0.4 is 10.2 Å². The first-order valence-corrected chi connectivity index (χ1v) is 11.1. The lowest BCUT2D eigenvalue weighted by Crippen LogP contribution is -2.50. The van der Waals surface area contributed by atoms with Crippen LogP contribution in [0.15, 0.2) is 41.2 Å². The summed E-state index contributed by atoms with van der Waals surface area (Å²) in [4.78, 5) is 17.1. The first-order valence-electron chi connectivity index (χ1n) is 11.1. The second-order valence-corrected chi connectivity index (χ2v) is 8.54. The van der Waals surface area contributed by atoms with Crippen molar-refractivity contribution >= 4 is 11.6 Å². The maximum absolute atomic E-state index is 12.2. The van der Waals surface area contributed by atoms with Crippen LogP contribution in [0.4, 0.5) is 5.69 Å². The van der Waals surface area contributed by atoms with E-state index in [-0.39, 0.29) is 5.91 Å². The monoisotopic (exact) mass is 403 g/mol. The summed E-state index contributed by atoms with van der Waals surface area (Å²) in [5, 5.41) is 2.96. The number of benzene rings is 1. The highest BCUT2D eigenvalue weighted by Crippen LogP contribution is 2.29. The van der Waals surface area contributed by atoms with Crippen molar-refractivity contribution in [2.45, 2.75) is 38.6 Å². The molecular formula is C25H29N3O2. The first kappa shape index (κ1) is 19.3. The zero-order valence-electron chi connectivity index (χ0n) is 17.7. The molecule has 4 aliphatic rings. The fourth-order valence-corrected chi connectivity index (χ4v) is 4.85. The maximum atomic E-state index is 12.2. The zero-order chi connectivity index (χ0) is 20.5. The van der Waals surface area contributed by atoms with Gasteiger partial charge in [-0.25, -0.2) is 0 Å². The van der Waals surface area contributed by atoms with Gasteiger partial charge in [-0.3, -0.25) is 9.69 Å². The Kier molecular flexibility index (Phi) is 5.26. The van der Waals surface area contributed by atoms with Gasteiger partial charge in [0.25, 0.3) is 5.91 Å². The minimum Gasteiger partial charge on any atom is -0.493 e. The van der Waals surface area contributed by atoms with E-state index >= 15 is 0 Å². The van der Waals surface area contributed by atoms with Crippen molar-refractivity contribution in [3.05, 3.63) is 52.3 Å². The summed E-state index contributed by atoms with van der Waals surface area (Å²) < 4.78 is 5.87. The van der Waals surface area contributed by atoms with Crippen molar-refractivity contribution in [2.24, 2.45) is 0 Å². The number of rotatable bonds is 3. The number of carbonyl (C=O) groups is 1. The minimum atomic E-state index is 0.0606. The molecule has 5 heteroatoms. The molecule has 156 valence electrons. The van der Waals surface area contributed by atoms with E-state index in [1.807, 2.05) is 0 Å². The number of amides is 1. The molecule has 1 aliphatic carbocycles. The summed E-state index contributed by atoms with van der Waals surface area (Å²) in [6.45, 7) is 7.77. The number of nitrogens with zero attached hydrogens (tertiary/aromatic N) is 2. The molecule has 3 aliphatic heterocycles. The van der Waals surface area contributed by atoms with E-state index < -0.39 is 0 Å². The average molecular weight is 404 g/mol. The molecule has 0 radical (unpaired) electrons. The summed E-state index contributed by atoms with van der Waals surface area (Å²) in [7, 11) is 0. The molecule has 0 aromatic heterocycles. The Morgan fingerprint density at radius 2 is 1.93 bits per heavy atom. The summed E-state index contributed by atoms with van der Waals surface area (Å²) in [5.41, 5.74) is 5.87. The molecule has 3 heterocycles. The highest BCUT2D eigenvalue weighted by molar-refractivity contribution is 5.97. The molecule has 1 fully saturated rings. The number of allylic oxidation sites excluding steroid dienone is 1. The van der Waals surface area contributed by atoms with Gasteiger partial charge >= 0.3 is 0 Å². The Labute approximate surface area is 178 Å². The maximum Gasteiger partial charge on any atom is 0.251 e. The molecule has 5 rings (SSSR count). The van der Waals surface area contributed by atoms with Gasteiger partial charge in [0.1, 0.15) is 5.76 Å². The van der Waals surface area contributed by atoms with Crippen LogP contribution in [0.2, 0.25) is 0 Å². The molecular weight excluding hydrogens is 374 g/mol. The zero-order valence-corrected chi connectivity index (χ0v) is 17.7. The fraction of sp³-hybridized carbons (Fsp3) is 0.480. The number of hydrogen-bond acceptors (Lipinski definition) is 4. The van der Waals surface area contributed by atoms with Crippen LogP contribution in [0.1, 0.15) is 42.1 Å². The van der Waals surface area contributed by atoms with E-state index in [4.69, 9.17) is 4.74 Å². The Morgan fingerprint density at radius 3 is 2.80 bits per heavy atom. The summed E-state index contributed by atoms with van der Waals surface area (Å²) in [6.07, 6.45) is 5.87. The number of carbonyl (C=O) groups excluding carboxylic acids is 1. The number of ether oxygens (including phenoxy) is 1. The van der Waals surface area contributed by atoms with Gasteiger partial charge in [-0.15, -0.1) is 0 Å². The van der Waals surface area contributed by atoms with Gasteiger partial charge in [0.05, 0.1) is 6.61 Å². The van der Waals surface area contributed by atoms with Gasteiger partial charge in [-0.1, -0.05) is 17.9 Å². The lowest BCUT2D eigenvalue weighted by atomic mass is 9.98. The van der Waals surface area contributed by atoms with E-state index in [0.29, 0.717) is 6.04 Å². The van der Waals surface area contributed by atoms with Gasteiger partial charge < -0.3 is 15.0 Å². The van der Waals surface area contributed by atoms with Crippen LogP contribution in [0.3, 0.4) is 0 Å². The Morgan fingerprint density at radius 1 is 1.10 bits per heavy atom. The molecule has 30 heavy (non-hydrogen) atoms. The Balaban J connectivity index is 1.26. The lowest BCUT2D eigenvalue weighted by molar-refractivity contribution is 0.0946. The van der Waals surface area contributed by atoms with Crippen molar-refractivity contribution in [1.82, 2.24) is 10.2 Å². The third-order valence-corrected chi connectivity index (χ3v) is 6.83. The first-order chi connectivity index (χ1) is 14.7. The topological polar surface area (TPSA) is 44.8 Å². The quantitative estimate of drug-likeness (QED) is 0.789. The van der Waals surface area contributed by atoms with E-state index in [1.54, 1.807) is 0 Å². The van der Waals surface area contributed by atoms with Crippen molar-refractivity contribution in [3.8, 4) is 11.8 Å². The lowest BCUT2D eigenvalue weighted by Gasteiger charge is -2.40. The number of anilines is 1. The van der Waals surface area contributed by atoms with Gasteiger partial charge in [-0.05, 0) is 48.3 Å². The van der Waals surface area contributed by atoms with Crippen LogP contribution >= 0.6 is 0 Å². The third kappa shape index (κ3) is 3.73. The molecule has 1 aromatic carbocycles. The predicted molar refractivity (Wildman–Crippen MR) is 118 cm³/mol. The molecule has 0 saturated carbocycles. The van der Waals surface area contributed by atoms with E-state index in [2.05, 4.69) is 58.2 Å². The van der Waals surface area contributed by atoms with E-state index in [1.165, 1.54) is 11.1 Å². The van der Waals surface area contributed by atoms with Crippen molar-refractivity contribution in [1.29, 1.82) is 0 Å². The second-order valence-electron chi connectivity index (χ2n) is 8.54. The largest absolute Gasteiger partial charge is 0.493 e. The van der Waals surface area contributed by atoms with Crippen molar-refractivity contribution < 1.29 is 9.53 Å². The highest BCUT2D eigenvalue weighted by atomic mass is 16.5. The smallest absolute Gasteiger partial charge is 0.251 e. The fourth-order valence-electron chi connectivity index (χ4n) is 4.85. The van der Waals surface area contributed by atoms with Crippen LogP contribution in [0.25, 0.3) is 0 Å². The Hall–Kier alpha value is -2.71. The van der Waals surface area contributed by atoms with Crippen molar-refractivity contribution in [2.75, 3.05) is 44.2 Å². The minimum absolute atomic E-state index is 0.0606. The van der Waals surface area contributed by atoms with Gasteiger partial charge in [0.2, 0.25) is 0 Å². The standard InChI is InChI=1S/C25H29N3O2/c1-18(21-5-3-2-4-20-9-15-30-24(20)16-21)27-11-13-28(14-12-27)22-7-6-19-8-10-26-25(29)23(19)17-22/h6-7,16-18H,4-5,8-15H2,1H3,(H,26,29)/b21-16+. The molecule has 1 amide bonds. The molecule has 0 spiro atoms. The molecule has 0 bridgehead atoms. The SMILES string of the molecule is CC(/C1=C/C2=C(CC#CC1)CCO2)N1CCN(c2ccc3c(c2)C(=O)NCC3)CC1. The van der Waals surface area contributed by atoms with Gasteiger partial charge in [0, 0.05) is 69.3 Å². The molecule has 1 N–H and O–H groups in total. The Bertz CT molecular complexity index is 974. The third-order valence-electron chi connectivity index (χ3n) is 6.83. The number of nitrogens with one attached hydrogen (secondary N) is 1. The van der Waals surface area contributed by atoms with E-state index in [0.717, 1.165) is 87.6 Å². The molecule has 1 aromatic rings. The molecule has 1 saturated heterocycles. The van der Waals surface area contributed by atoms with E-state index in [9.17, 15) is 4.79 Å². The van der Waals surface area contributed by atoms with Crippen LogP contribution in [-0.4, -0.2) is 56.2 Å². The predicted octanol–water partition coefficient (Wildman–Crippen LogP) is 2.88. The van der Waals surface area contributed by atoms with Gasteiger partial charge in [0.15, 0.2) is 0 Å².